The van der Waals surface area contributed by atoms with Crippen LogP contribution in [0.3, 0.4) is 0 Å². The van der Waals surface area contributed by atoms with Gasteiger partial charge in [-0.1, -0.05) is 29.4 Å². The first-order chi connectivity index (χ1) is 9.74. The lowest BCUT2D eigenvalue weighted by molar-refractivity contribution is 0.0965. The van der Waals surface area contributed by atoms with Crippen molar-refractivity contribution >= 4 is 5.91 Å². The summed E-state index contributed by atoms with van der Waals surface area (Å²) in [5.74, 6) is -0.574. The van der Waals surface area contributed by atoms with Crippen LogP contribution in [0.5, 0.6) is 0 Å². The number of benzene rings is 1. The topological polar surface area (TPSA) is 82.0 Å². The summed E-state index contributed by atoms with van der Waals surface area (Å²) in [5, 5.41) is 3.82. The molecule has 0 saturated heterocycles. The summed E-state index contributed by atoms with van der Waals surface area (Å²) >= 11 is 0. The Morgan fingerprint density at radius 1 is 0.950 bits per heavy atom. The number of amides is 1. The maximum Gasteiger partial charge on any atom is 0.287 e. The Morgan fingerprint density at radius 2 is 1.55 bits per heavy atom. The molecule has 0 radical (unpaired) electrons. The van der Waals surface area contributed by atoms with Gasteiger partial charge < -0.3 is 10.3 Å². The maximum atomic E-state index is 11.0. The van der Waals surface area contributed by atoms with Gasteiger partial charge in [-0.05, 0) is 23.3 Å². The molecule has 1 amide bonds. The van der Waals surface area contributed by atoms with Gasteiger partial charge in [0, 0.05) is 24.0 Å². The second-order valence-electron chi connectivity index (χ2n) is 4.25. The van der Waals surface area contributed by atoms with Crippen LogP contribution in [0, 0.1) is 0 Å². The minimum Gasteiger partial charge on any atom is -0.363 e. The Labute approximate surface area is 115 Å². The van der Waals surface area contributed by atoms with Crippen molar-refractivity contribution in [2.24, 2.45) is 5.73 Å². The number of rotatable bonds is 3. The molecule has 2 N–H and O–H groups in total. The molecule has 0 unspecified atom stereocenters. The molecule has 98 valence electrons. The molecule has 0 spiro atoms. The van der Waals surface area contributed by atoms with Crippen LogP contribution in [0.15, 0.2) is 59.4 Å². The van der Waals surface area contributed by atoms with Gasteiger partial charge in [-0.15, -0.1) is 0 Å². The summed E-state index contributed by atoms with van der Waals surface area (Å²) in [7, 11) is 0. The normalized spacial score (nSPS) is 10.4. The molecule has 0 aliphatic carbocycles. The molecular formula is C15H11N3O2. The van der Waals surface area contributed by atoms with E-state index in [-0.39, 0.29) is 5.76 Å². The molecule has 0 bridgehead atoms. The number of carbonyl (C=O) groups is 1. The first-order valence-electron chi connectivity index (χ1n) is 6.01. The lowest BCUT2D eigenvalue weighted by Gasteiger charge is -2.01. The van der Waals surface area contributed by atoms with E-state index in [0.29, 0.717) is 5.69 Å². The summed E-state index contributed by atoms with van der Waals surface area (Å²) in [6, 6.07) is 13.2. The van der Waals surface area contributed by atoms with Crippen molar-refractivity contribution in [2.75, 3.05) is 0 Å². The van der Waals surface area contributed by atoms with Gasteiger partial charge in [-0.2, -0.15) is 0 Å². The van der Waals surface area contributed by atoms with Crippen molar-refractivity contribution in [3.8, 4) is 22.4 Å². The Balaban J connectivity index is 1.91. The number of nitrogens with two attached hydrogens (primary N) is 1. The Bertz CT molecular complexity index is 733. The van der Waals surface area contributed by atoms with Gasteiger partial charge in [-0.3, -0.25) is 9.78 Å². The van der Waals surface area contributed by atoms with Gasteiger partial charge in [0.25, 0.3) is 5.91 Å². The van der Waals surface area contributed by atoms with Gasteiger partial charge in [0.2, 0.25) is 5.76 Å². The highest BCUT2D eigenvalue weighted by Gasteiger charge is 2.10. The van der Waals surface area contributed by atoms with E-state index in [0.717, 1.165) is 16.7 Å². The highest BCUT2D eigenvalue weighted by atomic mass is 16.5. The molecule has 20 heavy (non-hydrogen) atoms. The van der Waals surface area contributed by atoms with Crippen molar-refractivity contribution in [2.45, 2.75) is 0 Å². The van der Waals surface area contributed by atoms with E-state index < -0.39 is 5.91 Å². The zero-order valence-electron chi connectivity index (χ0n) is 10.5. The average Bonchev–Trinajstić information content (AvgIpc) is 2.98. The summed E-state index contributed by atoms with van der Waals surface area (Å²) in [4.78, 5) is 15.0. The van der Waals surface area contributed by atoms with Crippen LogP contribution in [0.25, 0.3) is 22.4 Å². The molecule has 2 aromatic heterocycles. The number of primary amides is 1. The second kappa shape index (κ2) is 4.97. The first kappa shape index (κ1) is 12.1. The molecular weight excluding hydrogens is 254 g/mol. The summed E-state index contributed by atoms with van der Waals surface area (Å²) in [5.41, 5.74) is 8.74. The van der Waals surface area contributed by atoms with Crippen LogP contribution in [0.1, 0.15) is 10.6 Å². The summed E-state index contributed by atoms with van der Waals surface area (Å²) < 4.78 is 4.86. The molecule has 0 aliphatic heterocycles. The Morgan fingerprint density at radius 3 is 2.15 bits per heavy atom. The van der Waals surface area contributed by atoms with E-state index in [4.69, 9.17) is 10.3 Å². The molecule has 3 aromatic rings. The molecule has 2 heterocycles. The number of carbonyl (C=O) groups excluding carboxylic acids is 1. The number of hydrogen-bond acceptors (Lipinski definition) is 4. The molecule has 0 fully saturated rings. The van der Waals surface area contributed by atoms with Crippen molar-refractivity contribution in [3.05, 3.63) is 60.6 Å². The molecule has 5 heteroatoms. The van der Waals surface area contributed by atoms with Gasteiger partial charge in [0.05, 0.1) is 0 Å². The maximum absolute atomic E-state index is 11.0. The number of pyridine rings is 1. The first-order valence-corrected chi connectivity index (χ1v) is 6.01. The highest BCUT2D eigenvalue weighted by molar-refractivity contribution is 5.90. The largest absolute Gasteiger partial charge is 0.363 e. The minimum absolute atomic E-state index is 0.0539. The number of hydrogen-bond donors (Lipinski definition) is 1. The smallest absolute Gasteiger partial charge is 0.287 e. The summed E-state index contributed by atoms with van der Waals surface area (Å²) in [6.45, 7) is 0. The zero-order chi connectivity index (χ0) is 13.9. The van der Waals surface area contributed by atoms with E-state index in [2.05, 4.69) is 10.1 Å². The van der Waals surface area contributed by atoms with Gasteiger partial charge in [0.15, 0.2) is 0 Å². The molecule has 1 aromatic carbocycles. The van der Waals surface area contributed by atoms with E-state index in [1.54, 1.807) is 12.4 Å². The number of aromatic nitrogens is 2. The fourth-order valence-corrected chi connectivity index (χ4v) is 1.91. The molecule has 0 aliphatic rings. The van der Waals surface area contributed by atoms with Gasteiger partial charge in [0.1, 0.15) is 5.69 Å². The van der Waals surface area contributed by atoms with Crippen LogP contribution in [0.4, 0.5) is 0 Å². The van der Waals surface area contributed by atoms with Gasteiger partial charge >= 0.3 is 0 Å². The third kappa shape index (κ3) is 2.29. The van der Waals surface area contributed by atoms with E-state index in [9.17, 15) is 4.79 Å². The monoisotopic (exact) mass is 265 g/mol. The lowest BCUT2D eigenvalue weighted by atomic mass is 10.0. The van der Waals surface area contributed by atoms with Crippen molar-refractivity contribution in [3.63, 3.8) is 0 Å². The number of nitrogens with zero attached hydrogens (tertiary/aromatic N) is 2. The SMILES string of the molecule is NC(=O)c1cc(-c2ccc(-c3ccncc3)cc2)no1. The van der Waals surface area contributed by atoms with Gasteiger partial charge in [-0.25, -0.2) is 0 Å². The Kier molecular flexibility index (Phi) is 3.01. The molecule has 0 atom stereocenters. The van der Waals surface area contributed by atoms with Crippen LogP contribution in [-0.4, -0.2) is 16.0 Å². The zero-order valence-corrected chi connectivity index (χ0v) is 10.5. The predicted molar refractivity (Wildman–Crippen MR) is 73.7 cm³/mol. The van der Waals surface area contributed by atoms with E-state index in [1.807, 2.05) is 36.4 Å². The summed E-state index contributed by atoms with van der Waals surface area (Å²) in [6.07, 6.45) is 3.50. The van der Waals surface area contributed by atoms with E-state index >= 15 is 0 Å². The third-order valence-corrected chi connectivity index (χ3v) is 2.95. The minimum atomic E-state index is -0.628. The molecule has 0 saturated carbocycles. The standard InChI is InChI=1S/C15H11N3O2/c16-15(19)14-9-13(18-20-14)12-3-1-10(2-4-12)11-5-7-17-8-6-11/h1-9H,(H2,16,19). The predicted octanol–water partition coefficient (Wildman–Crippen LogP) is 2.50. The van der Waals surface area contributed by atoms with Crippen LogP contribution < -0.4 is 5.73 Å². The van der Waals surface area contributed by atoms with Crippen molar-refractivity contribution < 1.29 is 9.32 Å². The fourth-order valence-electron chi connectivity index (χ4n) is 1.91. The highest BCUT2D eigenvalue weighted by Crippen LogP contribution is 2.24. The molecule has 5 nitrogen and oxygen atoms in total. The van der Waals surface area contributed by atoms with E-state index in [1.165, 1.54) is 6.07 Å². The van der Waals surface area contributed by atoms with Crippen LogP contribution in [0.2, 0.25) is 0 Å². The average molecular weight is 265 g/mol. The second-order valence-corrected chi connectivity index (χ2v) is 4.25. The van der Waals surface area contributed by atoms with Crippen molar-refractivity contribution in [1.29, 1.82) is 0 Å². The van der Waals surface area contributed by atoms with Crippen LogP contribution in [-0.2, 0) is 0 Å². The third-order valence-electron chi connectivity index (χ3n) is 2.95. The Hall–Kier alpha value is -2.95. The quantitative estimate of drug-likeness (QED) is 0.788. The van der Waals surface area contributed by atoms with Crippen LogP contribution >= 0.6 is 0 Å². The molecule has 3 rings (SSSR count). The lowest BCUT2D eigenvalue weighted by Crippen LogP contribution is -2.09. The fraction of sp³-hybridized carbons (Fsp3) is 0. The van der Waals surface area contributed by atoms with Crippen molar-refractivity contribution in [1.82, 2.24) is 10.1 Å².